The standard InChI is InChI=1S/C14H25NO4/c1-4-10-7-11(12(8-10)14(18)19)13(17)15(3)6-5-9(2)16/h9-12,16H,4-8H2,1-3H3,(H,18,19). The van der Waals surface area contributed by atoms with E-state index in [4.69, 9.17) is 0 Å². The van der Waals surface area contributed by atoms with Crippen LogP contribution in [-0.2, 0) is 9.59 Å². The third-order valence-corrected chi connectivity index (χ3v) is 4.13. The minimum absolute atomic E-state index is 0.0935. The van der Waals surface area contributed by atoms with Gasteiger partial charge in [-0.2, -0.15) is 0 Å². The van der Waals surface area contributed by atoms with E-state index in [1.165, 1.54) is 0 Å². The number of carboxylic acid groups (broad SMARTS) is 1. The fourth-order valence-electron chi connectivity index (χ4n) is 2.80. The maximum Gasteiger partial charge on any atom is 0.307 e. The van der Waals surface area contributed by atoms with E-state index in [1.54, 1.807) is 18.9 Å². The summed E-state index contributed by atoms with van der Waals surface area (Å²) in [5, 5.41) is 18.5. The molecule has 0 aromatic rings. The Morgan fingerprint density at radius 1 is 1.32 bits per heavy atom. The fourth-order valence-corrected chi connectivity index (χ4v) is 2.80. The van der Waals surface area contributed by atoms with Crippen LogP contribution < -0.4 is 0 Å². The number of hydrogen-bond acceptors (Lipinski definition) is 3. The Bertz CT molecular complexity index is 329. The molecular weight excluding hydrogens is 246 g/mol. The van der Waals surface area contributed by atoms with Crippen LogP contribution in [0.25, 0.3) is 0 Å². The summed E-state index contributed by atoms with van der Waals surface area (Å²) < 4.78 is 0. The average molecular weight is 271 g/mol. The molecule has 1 fully saturated rings. The smallest absolute Gasteiger partial charge is 0.307 e. The normalized spacial score (nSPS) is 28.1. The summed E-state index contributed by atoms with van der Waals surface area (Å²) in [6.45, 7) is 4.19. The molecule has 5 nitrogen and oxygen atoms in total. The molecular formula is C14H25NO4. The van der Waals surface area contributed by atoms with Gasteiger partial charge in [0.05, 0.1) is 17.9 Å². The highest BCUT2D eigenvalue weighted by Crippen LogP contribution is 2.39. The summed E-state index contributed by atoms with van der Waals surface area (Å²) in [4.78, 5) is 25.1. The minimum atomic E-state index is -0.863. The number of carbonyl (C=O) groups is 2. The number of aliphatic hydroxyl groups is 1. The molecule has 0 heterocycles. The van der Waals surface area contributed by atoms with E-state index in [0.717, 1.165) is 6.42 Å². The first-order chi connectivity index (χ1) is 8.86. The number of amides is 1. The predicted octanol–water partition coefficient (Wildman–Crippen LogP) is 1.35. The Morgan fingerprint density at radius 2 is 1.89 bits per heavy atom. The summed E-state index contributed by atoms with van der Waals surface area (Å²) in [7, 11) is 1.68. The number of aliphatic carboxylic acids is 1. The van der Waals surface area contributed by atoms with E-state index < -0.39 is 23.9 Å². The zero-order chi connectivity index (χ0) is 14.6. The van der Waals surface area contributed by atoms with Gasteiger partial charge in [0.2, 0.25) is 5.91 Å². The van der Waals surface area contributed by atoms with Crippen molar-refractivity contribution in [3.05, 3.63) is 0 Å². The second kappa shape index (κ2) is 6.89. The van der Waals surface area contributed by atoms with Crippen LogP contribution in [0.3, 0.4) is 0 Å². The first-order valence-corrected chi connectivity index (χ1v) is 7.02. The molecule has 0 bridgehead atoms. The number of carboxylic acids is 1. The molecule has 110 valence electrons. The Balaban J connectivity index is 2.65. The lowest BCUT2D eigenvalue weighted by Crippen LogP contribution is -2.38. The number of rotatable bonds is 6. The minimum Gasteiger partial charge on any atom is -0.481 e. The van der Waals surface area contributed by atoms with Gasteiger partial charge in [0.1, 0.15) is 0 Å². The summed E-state index contributed by atoms with van der Waals surface area (Å²) in [6.07, 6.45) is 2.27. The van der Waals surface area contributed by atoms with E-state index in [2.05, 4.69) is 0 Å². The van der Waals surface area contributed by atoms with Gasteiger partial charge in [0.25, 0.3) is 0 Å². The monoisotopic (exact) mass is 271 g/mol. The van der Waals surface area contributed by atoms with E-state index >= 15 is 0 Å². The van der Waals surface area contributed by atoms with E-state index in [1.807, 2.05) is 6.92 Å². The lowest BCUT2D eigenvalue weighted by Gasteiger charge is -2.24. The van der Waals surface area contributed by atoms with Crippen molar-refractivity contribution in [3.8, 4) is 0 Å². The molecule has 19 heavy (non-hydrogen) atoms. The molecule has 5 heteroatoms. The molecule has 4 atom stereocenters. The van der Waals surface area contributed by atoms with Crippen molar-refractivity contribution >= 4 is 11.9 Å². The summed E-state index contributed by atoms with van der Waals surface area (Å²) in [5.41, 5.74) is 0. The van der Waals surface area contributed by atoms with Crippen LogP contribution in [0, 0.1) is 17.8 Å². The predicted molar refractivity (Wildman–Crippen MR) is 71.6 cm³/mol. The van der Waals surface area contributed by atoms with Crippen LogP contribution in [-0.4, -0.2) is 46.7 Å². The number of hydrogen-bond donors (Lipinski definition) is 2. The van der Waals surface area contributed by atoms with Gasteiger partial charge in [-0.25, -0.2) is 0 Å². The lowest BCUT2D eigenvalue weighted by molar-refractivity contribution is -0.148. The highest BCUT2D eigenvalue weighted by molar-refractivity contribution is 5.85. The van der Waals surface area contributed by atoms with Gasteiger partial charge in [-0.3, -0.25) is 9.59 Å². The van der Waals surface area contributed by atoms with Gasteiger partial charge >= 0.3 is 5.97 Å². The Kier molecular flexibility index (Phi) is 5.79. The van der Waals surface area contributed by atoms with Gasteiger partial charge in [0.15, 0.2) is 0 Å². The zero-order valence-corrected chi connectivity index (χ0v) is 12.0. The molecule has 2 N–H and O–H groups in total. The van der Waals surface area contributed by atoms with Gasteiger partial charge in [-0.15, -0.1) is 0 Å². The van der Waals surface area contributed by atoms with E-state index in [-0.39, 0.29) is 5.91 Å². The van der Waals surface area contributed by atoms with E-state index in [9.17, 15) is 19.8 Å². The zero-order valence-electron chi connectivity index (χ0n) is 12.0. The van der Waals surface area contributed by atoms with Crippen molar-refractivity contribution in [2.75, 3.05) is 13.6 Å². The maximum absolute atomic E-state index is 12.3. The largest absolute Gasteiger partial charge is 0.481 e. The SMILES string of the molecule is CCC1CC(C(=O)O)C(C(=O)N(C)CCC(C)O)C1. The molecule has 0 saturated heterocycles. The maximum atomic E-state index is 12.3. The van der Waals surface area contributed by atoms with Crippen molar-refractivity contribution < 1.29 is 19.8 Å². The quantitative estimate of drug-likeness (QED) is 0.764. The van der Waals surface area contributed by atoms with Gasteiger partial charge in [0, 0.05) is 13.6 Å². The highest BCUT2D eigenvalue weighted by atomic mass is 16.4. The van der Waals surface area contributed by atoms with Crippen LogP contribution in [0.15, 0.2) is 0 Å². The summed E-state index contributed by atoms with van der Waals surface area (Å²) in [5.74, 6) is -1.57. The number of aliphatic hydroxyl groups excluding tert-OH is 1. The Labute approximate surface area is 114 Å². The van der Waals surface area contributed by atoms with Crippen molar-refractivity contribution in [1.82, 2.24) is 4.90 Å². The number of nitrogens with zero attached hydrogens (tertiary/aromatic N) is 1. The molecule has 1 amide bonds. The first kappa shape index (κ1) is 16.0. The summed E-state index contributed by atoms with van der Waals surface area (Å²) in [6, 6.07) is 0. The molecule has 1 aliphatic rings. The molecule has 0 aliphatic heterocycles. The lowest BCUT2D eigenvalue weighted by atomic mass is 9.95. The second-order valence-corrected chi connectivity index (χ2v) is 5.69. The molecule has 1 aliphatic carbocycles. The first-order valence-electron chi connectivity index (χ1n) is 7.02. The topological polar surface area (TPSA) is 77.8 Å². The number of carbonyl (C=O) groups excluding carboxylic acids is 1. The molecule has 0 aromatic carbocycles. The van der Waals surface area contributed by atoms with Crippen molar-refractivity contribution in [1.29, 1.82) is 0 Å². The Hall–Kier alpha value is -1.10. The van der Waals surface area contributed by atoms with Gasteiger partial charge < -0.3 is 15.1 Å². The molecule has 4 unspecified atom stereocenters. The molecule has 1 saturated carbocycles. The average Bonchev–Trinajstić information content (AvgIpc) is 2.79. The van der Waals surface area contributed by atoms with Crippen molar-refractivity contribution in [2.45, 2.75) is 45.6 Å². The van der Waals surface area contributed by atoms with Crippen LogP contribution in [0.1, 0.15) is 39.5 Å². The third-order valence-electron chi connectivity index (χ3n) is 4.13. The molecule has 0 spiro atoms. The Morgan fingerprint density at radius 3 is 2.37 bits per heavy atom. The molecule has 1 rings (SSSR count). The highest BCUT2D eigenvalue weighted by Gasteiger charge is 2.42. The molecule has 0 aromatic heterocycles. The summed E-state index contributed by atoms with van der Waals surface area (Å²) >= 11 is 0. The van der Waals surface area contributed by atoms with Crippen LogP contribution in [0.2, 0.25) is 0 Å². The van der Waals surface area contributed by atoms with Crippen molar-refractivity contribution in [2.24, 2.45) is 17.8 Å². The van der Waals surface area contributed by atoms with Gasteiger partial charge in [-0.05, 0) is 32.1 Å². The van der Waals surface area contributed by atoms with Crippen molar-refractivity contribution in [3.63, 3.8) is 0 Å². The second-order valence-electron chi connectivity index (χ2n) is 5.69. The fraction of sp³-hybridized carbons (Fsp3) is 0.857. The molecule has 0 radical (unpaired) electrons. The van der Waals surface area contributed by atoms with Crippen LogP contribution in [0.5, 0.6) is 0 Å². The van der Waals surface area contributed by atoms with Gasteiger partial charge in [-0.1, -0.05) is 13.3 Å². The van der Waals surface area contributed by atoms with Crippen LogP contribution in [0.4, 0.5) is 0 Å². The third kappa shape index (κ3) is 4.20. The van der Waals surface area contributed by atoms with E-state index in [0.29, 0.717) is 31.7 Å². The van der Waals surface area contributed by atoms with Crippen LogP contribution >= 0.6 is 0 Å².